The van der Waals surface area contributed by atoms with E-state index in [0.29, 0.717) is 18.8 Å². The van der Waals surface area contributed by atoms with E-state index in [1.165, 1.54) is 0 Å². The third-order valence-electron chi connectivity index (χ3n) is 3.84. The molecule has 0 bridgehead atoms. The van der Waals surface area contributed by atoms with Crippen molar-refractivity contribution in [1.29, 1.82) is 0 Å². The van der Waals surface area contributed by atoms with Crippen molar-refractivity contribution in [2.75, 3.05) is 12.0 Å². The minimum absolute atomic E-state index is 0.280. The van der Waals surface area contributed by atoms with Crippen molar-refractivity contribution in [3.05, 3.63) is 58.3 Å². The average molecular weight is 327 g/mol. The number of hydrogen-bond donors (Lipinski definition) is 2. The molecular weight excluding hydrogens is 302 g/mol. The zero-order valence-corrected chi connectivity index (χ0v) is 14.6. The Morgan fingerprint density at radius 2 is 1.79 bits per heavy atom. The minimum Gasteiger partial charge on any atom is -0.289 e. The molecule has 2 rings (SSSR count). The summed E-state index contributed by atoms with van der Waals surface area (Å²) in [6.07, 6.45) is 4.04. The second-order valence-corrected chi connectivity index (χ2v) is 5.36. The smallest absolute Gasteiger partial charge is 0.289 e. The summed E-state index contributed by atoms with van der Waals surface area (Å²) in [6, 6.07) is 6.14. The molecule has 6 heteroatoms. The molecule has 0 unspecified atom stereocenters. The maximum atomic E-state index is 12.7. The highest BCUT2D eigenvalue weighted by Crippen LogP contribution is 2.21. The first-order chi connectivity index (χ1) is 11.7. The SMILES string of the molecule is C=CCNNc1nc(CC)n(-c2c(CC)cccc2CC)c(=O)n1. The van der Waals surface area contributed by atoms with Crippen molar-refractivity contribution in [2.24, 2.45) is 0 Å². The molecule has 1 heterocycles. The number of anilines is 1. The van der Waals surface area contributed by atoms with Gasteiger partial charge in [-0.05, 0) is 24.0 Å². The van der Waals surface area contributed by atoms with Gasteiger partial charge < -0.3 is 0 Å². The van der Waals surface area contributed by atoms with E-state index in [4.69, 9.17) is 0 Å². The molecule has 24 heavy (non-hydrogen) atoms. The first-order valence-electron chi connectivity index (χ1n) is 8.37. The Hall–Kier alpha value is -2.47. The number of hydrogen-bond acceptors (Lipinski definition) is 5. The molecule has 0 fully saturated rings. The van der Waals surface area contributed by atoms with E-state index in [-0.39, 0.29) is 11.6 Å². The molecule has 1 aromatic carbocycles. The van der Waals surface area contributed by atoms with Crippen LogP contribution in [0.3, 0.4) is 0 Å². The van der Waals surface area contributed by atoms with E-state index in [1.807, 2.05) is 13.0 Å². The van der Waals surface area contributed by atoms with Crippen molar-refractivity contribution in [2.45, 2.75) is 40.0 Å². The molecule has 6 nitrogen and oxygen atoms in total. The van der Waals surface area contributed by atoms with Crippen molar-refractivity contribution in [3.63, 3.8) is 0 Å². The lowest BCUT2D eigenvalue weighted by molar-refractivity contribution is 0.744. The zero-order chi connectivity index (χ0) is 17.5. The molecule has 0 spiro atoms. The Labute approximate surface area is 142 Å². The van der Waals surface area contributed by atoms with Gasteiger partial charge >= 0.3 is 5.69 Å². The number of rotatable bonds is 8. The van der Waals surface area contributed by atoms with Crippen molar-refractivity contribution in [3.8, 4) is 5.69 Å². The fourth-order valence-electron chi connectivity index (χ4n) is 2.67. The van der Waals surface area contributed by atoms with E-state index in [2.05, 4.69) is 53.4 Å². The summed E-state index contributed by atoms with van der Waals surface area (Å²) in [7, 11) is 0. The van der Waals surface area contributed by atoms with Crippen LogP contribution in [-0.4, -0.2) is 21.1 Å². The summed E-state index contributed by atoms with van der Waals surface area (Å²) in [5, 5.41) is 0. The van der Waals surface area contributed by atoms with Crippen LogP contribution in [-0.2, 0) is 19.3 Å². The van der Waals surface area contributed by atoms with Crippen LogP contribution in [0, 0.1) is 0 Å². The normalized spacial score (nSPS) is 10.6. The fraction of sp³-hybridized carbons (Fsp3) is 0.389. The number of nitrogens with zero attached hydrogens (tertiary/aromatic N) is 3. The summed E-state index contributed by atoms with van der Waals surface area (Å²) < 4.78 is 1.65. The third-order valence-corrected chi connectivity index (χ3v) is 3.84. The fourth-order valence-corrected chi connectivity index (χ4v) is 2.67. The average Bonchev–Trinajstić information content (AvgIpc) is 2.60. The number of hydrazine groups is 1. The van der Waals surface area contributed by atoms with Crippen LogP contribution in [0.25, 0.3) is 5.69 Å². The van der Waals surface area contributed by atoms with E-state index in [0.717, 1.165) is 29.7 Å². The summed E-state index contributed by atoms with van der Waals surface area (Å²) in [5.41, 5.74) is 8.59. The number of aryl methyl sites for hydroxylation is 3. The summed E-state index contributed by atoms with van der Waals surface area (Å²) >= 11 is 0. The lowest BCUT2D eigenvalue weighted by atomic mass is 10.0. The summed E-state index contributed by atoms with van der Waals surface area (Å²) in [4.78, 5) is 21.3. The van der Waals surface area contributed by atoms with Crippen molar-refractivity contribution < 1.29 is 0 Å². The Bertz CT molecular complexity index is 744. The van der Waals surface area contributed by atoms with Gasteiger partial charge in [0, 0.05) is 13.0 Å². The van der Waals surface area contributed by atoms with Gasteiger partial charge in [0.25, 0.3) is 0 Å². The quantitative estimate of drug-likeness (QED) is 0.443. The highest BCUT2D eigenvalue weighted by atomic mass is 16.1. The lowest BCUT2D eigenvalue weighted by Crippen LogP contribution is -2.32. The van der Waals surface area contributed by atoms with Crippen molar-refractivity contribution in [1.82, 2.24) is 20.0 Å². The van der Waals surface area contributed by atoms with Crippen LogP contribution in [0.2, 0.25) is 0 Å². The predicted octanol–water partition coefficient (Wildman–Crippen LogP) is 2.42. The number of para-hydroxylation sites is 1. The monoisotopic (exact) mass is 327 g/mol. The molecule has 0 saturated carbocycles. The van der Waals surface area contributed by atoms with E-state index >= 15 is 0 Å². The molecule has 0 aliphatic rings. The first-order valence-corrected chi connectivity index (χ1v) is 8.37. The Morgan fingerprint density at radius 1 is 1.12 bits per heavy atom. The third kappa shape index (κ3) is 3.71. The van der Waals surface area contributed by atoms with Gasteiger partial charge in [0.2, 0.25) is 5.95 Å². The van der Waals surface area contributed by atoms with Gasteiger partial charge in [0.1, 0.15) is 5.82 Å². The zero-order valence-electron chi connectivity index (χ0n) is 14.6. The first kappa shape index (κ1) is 17.9. The number of aromatic nitrogens is 3. The molecule has 0 aliphatic heterocycles. The molecule has 0 aliphatic carbocycles. The van der Waals surface area contributed by atoms with E-state index in [9.17, 15) is 4.79 Å². The van der Waals surface area contributed by atoms with Gasteiger partial charge in [-0.1, -0.05) is 45.0 Å². The van der Waals surface area contributed by atoms with Gasteiger partial charge in [-0.3, -0.25) is 5.43 Å². The lowest BCUT2D eigenvalue weighted by Gasteiger charge is -2.18. The van der Waals surface area contributed by atoms with Gasteiger partial charge in [-0.25, -0.2) is 14.8 Å². The Kier molecular flexibility index (Phi) is 6.26. The minimum atomic E-state index is -0.319. The standard InChI is InChI=1S/C18H25N5O/c1-5-12-19-22-17-20-15(8-4)23(18(24)21-17)16-13(6-2)10-9-11-14(16)7-3/h5,9-11,19H,1,6-8,12H2,2-4H3,(H,21,22,24). The molecule has 0 amide bonds. The second-order valence-electron chi connectivity index (χ2n) is 5.36. The molecule has 1 aromatic heterocycles. The number of benzene rings is 1. The summed E-state index contributed by atoms with van der Waals surface area (Å²) in [5.74, 6) is 0.968. The van der Waals surface area contributed by atoms with E-state index < -0.39 is 0 Å². The van der Waals surface area contributed by atoms with Crippen LogP contribution in [0.5, 0.6) is 0 Å². The Balaban J connectivity index is 2.59. The Morgan fingerprint density at radius 3 is 2.33 bits per heavy atom. The maximum absolute atomic E-state index is 12.7. The largest absolute Gasteiger partial charge is 0.356 e. The van der Waals surface area contributed by atoms with Gasteiger partial charge in [0.05, 0.1) is 5.69 Å². The van der Waals surface area contributed by atoms with Gasteiger partial charge in [-0.2, -0.15) is 9.97 Å². The van der Waals surface area contributed by atoms with Crippen molar-refractivity contribution >= 4 is 5.95 Å². The van der Waals surface area contributed by atoms with Crippen LogP contribution in [0.4, 0.5) is 5.95 Å². The van der Waals surface area contributed by atoms with Crippen LogP contribution in [0.1, 0.15) is 37.7 Å². The second kappa shape index (κ2) is 8.40. The molecule has 2 N–H and O–H groups in total. The highest BCUT2D eigenvalue weighted by Gasteiger charge is 2.16. The molecule has 0 radical (unpaired) electrons. The molecule has 2 aromatic rings. The predicted molar refractivity (Wildman–Crippen MR) is 97.6 cm³/mol. The van der Waals surface area contributed by atoms with Gasteiger partial charge in [0.15, 0.2) is 0 Å². The topological polar surface area (TPSA) is 71.8 Å². The molecule has 0 saturated heterocycles. The maximum Gasteiger partial charge on any atom is 0.356 e. The van der Waals surface area contributed by atoms with Crippen LogP contribution >= 0.6 is 0 Å². The highest BCUT2D eigenvalue weighted by molar-refractivity contribution is 5.49. The van der Waals surface area contributed by atoms with Crippen LogP contribution in [0.15, 0.2) is 35.6 Å². The molecular formula is C18H25N5O. The summed E-state index contributed by atoms with van der Waals surface area (Å²) in [6.45, 7) is 10.3. The molecule has 0 atom stereocenters. The van der Waals surface area contributed by atoms with Gasteiger partial charge in [-0.15, -0.1) is 6.58 Å². The van der Waals surface area contributed by atoms with E-state index in [1.54, 1.807) is 10.6 Å². The molecule has 128 valence electrons. The number of nitrogens with one attached hydrogen (secondary N) is 2. The van der Waals surface area contributed by atoms with Crippen LogP contribution < -0.4 is 16.5 Å².